The molecule has 1 heterocycles. The number of fused-ring (bicyclic) bond motifs is 1. The Bertz CT molecular complexity index is 884. The minimum atomic E-state index is -0.116. The summed E-state index contributed by atoms with van der Waals surface area (Å²) in [5, 5.41) is 0.928. The number of carbonyl (C=O) groups excluding carboxylic acids is 1. The quantitative estimate of drug-likeness (QED) is 0.529. The molecule has 2 aromatic carbocycles. The summed E-state index contributed by atoms with van der Waals surface area (Å²) < 4.78 is 7.30. The van der Waals surface area contributed by atoms with Crippen LogP contribution >= 0.6 is 0 Å². The van der Waals surface area contributed by atoms with Gasteiger partial charge in [0.2, 0.25) is 0 Å². The predicted octanol–water partition coefficient (Wildman–Crippen LogP) is 1.64. The molecule has 6 heteroatoms. The van der Waals surface area contributed by atoms with Crippen molar-refractivity contribution in [3.05, 3.63) is 64.6 Å². The van der Waals surface area contributed by atoms with E-state index in [1.807, 2.05) is 18.2 Å². The van der Waals surface area contributed by atoms with Gasteiger partial charge in [-0.25, -0.2) is 0 Å². The van der Waals surface area contributed by atoms with Gasteiger partial charge >= 0.3 is 135 Å². The fourth-order valence-corrected chi connectivity index (χ4v) is 2.97. The van der Waals surface area contributed by atoms with Crippen LogP contribution in [0.25, 0.3) is 11.0 Å². The second kappa shape index (κ2) is 6.88. The molecule has 1 unspecified atom stereocenters. The van der Waals surface area contributed by atoms with Gasteiger partial charge in [0.15, 0.2) is 0 Å². The number of aryl methyl sites for hydroxylation is 1. The van der Waals surface area contributed by atoms with Crippen LogP contribution in [0, 0.1) is 0 Å². The average Bonchev–Trinajstić information content (AvgIpc) is 2.89. The topological polar surface area (TPSA) is 64.1 Å². The second-order valence-corrected chi connectivity index (χ2v) is 6.34. The maximum absolute atomic E-state index is 12.1. The molecule has 5 nitrogen and oxygen atoms in total. The first-order valence-corrected chi connectivity index (χ1v) is 9.04. The first-order valence-electron chi connectivity index (χ1n) is 7.33. The minimum absolute atomic E-state index is 0.0267. The standard InChI is InChI=1S/C17H17AsN2O3/c18-8-9-20-15-10-13(6-7-14(15)19-17(20)22)23-11-16(21)12-4-2-1-3-5-12/h1-7,10H,8-9,11,18H2,(H,19,22). The molecule has 1 N–H and O–H groups in total. The number of ketones is 1. The molecule has 0 amide bonds. The molecule has 0 aliphatic heterocycles. The number of nitrogens with one attached hydrogen (secondary N) is 1. The van der Waals surface area contributed by atoms with Crippen LogP contribution in [0.2, 0.25) is 5.21 Å². The zero-order valence-electron chi connectivity index (χ0n) is 12.5. The summed E-state index contributed by atoms with van der Waals surface area (Å²) in [7, 11) is 0. The Morgan fingerprint density at radius 1 is 1.17 bits per heavy atom. The van der Waals surface area contributed by atoms with Crippen LogP contribution in [-0.2, 0) is 6.54 Å². The average molecular weight is 372 g/mol. The van der Waals surface area contributed by atoms with E-state index in [2.05, 4.69) is 4.98 Å². The van der Waals surface area contributed by atoms with Crippen LogP contribution in [-0.4, -0.2) is 38.8 Å². The van der Waals surface area contributed by atoms with E-state index in [9.17, 15) is 9.59 Å². The van der Waals surface area contributed by atoms with E-state index in [1.165, 1.54) is 0 Å². The number of aromatic amines is 1. The van der Waals surface area contributed by atoms with Crippen LogP contribution in [0.5, 0.6) is 5.75 Å². The summed E-state index contributed by atoms with van der Waals surface area (Å²) in [6.07, 6.45) is 0. The number of imidazole rings is 1. The summed E-state index contributed by atoms with van der Waals surface area (Å²) in [5.74, 6) is 0.504. The molecule has 1 atom stereocenters. The van der Waals surface area contributed by atoms with Crippen molar-refractivity contribution >= 4 is 33.7 Å². The number of benzene rings is 2. The van der Waals surface area contributed by atoms with Crippen molar-refractivity contribution in [3.63, 3.8) is 0 Å². The Kier molecular flexibility index (Phi) is 4.67. The van der Waals surface area contributed by atoms with Gasteiger partial charge < -0.3 is 0 Å². The number of H-pyrrole nitrogens is 1. The number of ether oxygens (including phenoxy) is 1. The number of hydrogen-bond donors (Lipinski definition) is 1. The van der Waals surface area contributed by atoms with Crippen LogP contribution in [0.4, 0.5) is 0 Å². The molecule has 0 fully saturated rings. The van der Waals surface area contributed by atoms with E-state index in [1.54, 1.807) is 51.8 Å². The van der Waals surface area contributed by atoms with Gasteiger partial charge in [0.05, 0.1) is 0 Å². The van der Waals surface area contributed by atoms with Crippen molar-refractivity contribution in [1.29, 1.82) is 0 Å². The Hall–Kier alpha value is -2.26. The van der Waals surface area contributed by atoms with Gasteiger partial charge in [0, 0.05) is 0 Å². The first kappa shape index (κ1) is 15.6. The molecule has 0 spiro atoms. The maximum atomic E-state index is 12.1. The van der Waals surface area contributed by atoms with Gasteiger partial charge in [-0.2, -0.15) is 0 Å². The SMILES string of the molecule is O=C(COc1ccc2[nH]c(=O)n(CC[AsH2])c2c1)c1ccccc1. The van der Waals surface area contributed by atoms with E-state index in [0.717, 1.165) is 16.2 Å². The predicted molar refractivity (Wildman–Crippen MR) is 92.2 cm³/mol. The van der Waals surface area contributed by atoms with Gasteiger partial charge in [-0.15, -0.1) is 0 Å². The van der Waals surface area contributed by atoms with E-state index in [4.69, 9.17) is 4.74 Å². The number of carbonyl (C=O) groups is 1. The van der Waals surface area contributed by atoms with Crippen molar-refractivity contribution in [2.45, 2.75) is 11.8 Å². The van der Waals surface area contributed by atoms with Crippen LogP contribution in [0.15, 0.2) is 53.3 Å². The molecule has 0 saturated heterocycles. The van der Waals surface area contributed by atoms with Gasteiger partial charge in [0.1, 0.15) is 0 Å². The molecular weight excluding hydrogens is 355 g/mol. The number of nitrogens with zero attached hydrogens (tertiary/aromatic N) is 1. The third-order valence-electron chi connectivity index (χ3n) is 3.57. The molecule has 3 aromatic rings. The summed E-state index contributed by atoms with van der Waals surface area (Å²) in [5.41, 5.74) is 2.09. The van der Waals surface area contributed by atoms with Gasteiger partial charge in [0.25, 0.3) is 0 Å². The molecule has 0 saturated carbocycles. The second-order valence-electron chi connectivity index (χ2n) is 5.13. The third kappa shape index (κ3) is 3.40. The summed E-state index contributed by atoms with van der Waals surface area (Å²) >= 11 is 1.58. The number of rotatable bonds is 6. The van der Waals surface area contributed by atoms with Gasteiger partial charge in [-0.05, 0) is 0 Å². The Labute approximate surface area is 141 Å². The molecule has 0 aliphatic rings. The van der Waals surface area contributed by atoms with Crippen molar-refractivity contribution in [2.24, 2.45) is 0 Å². The fourth-order valence-electron chi connectivity index (χ4n) is 2.43. The van der Waals surface area contributed by atoms with Crippen molar-refractivity contribution in [1.82, 2.24) is 9.55 Å². The zero-order valence-corrected chi connectivity index (χ0v) is 14.9. The van der Waals surface area contributed by atoms with Gasteiger partial charge in [-0.3, -0.25) is 0 Å². The molecular formula is C17H17AsN2O3. The number of Topliss-reactive ketones (excluding diaryl/α,β-unsaturated/α-hetero) is 1. The van der Waals surface area contributed by atoms with Crippen molar-refractivity contribution in [3.8, 4) is 5.75 Å². The Balaban J connectivity index is 1.79. The normalized spacial score (nSPS) is 10.8. The molecule has 3 rings (SSSR count). The third-order valence-corrected chi connectivity index (χ3v) is 4.11. The van der Waals surface area contributed by atoms with Crippen molar-refractivity contribution in [2.75, 3.05) is 6.61 Å². The molecule has 0 radical (unpaired) electrons. The molecule has 0 aliphatic carbocycles. The van der Waals surface area contributed by atoms with Crippen LogP contribution < -0.4 is 10.4 Å². The molecule has 23 heavy (non-hydrogen) atoms. The van der Waals surface area contributed by atoms with E-state index in [-0.39, 0.29) is 18.1 Å². The van der Waals surface area contributed by atoms with Crippen LogP contribution in [0.3, 0.4) is 0 Å². The zero-order chi connectivity index (χ0) is 16.2. The first-order chi connectivity index (χ1) is 11.2. The van der Waals surface area contributed by atoms with E-state index < -0.39 is 0 Å². The monoisotopic (exact) mass is 372 g/mol. The number of aromatic nitrogens is 2. The molecule has 118 valence electrons. The van der Waals surface area contributed by atoms with Crippen LogP contribution in [0.1, 0.15) is 10.4 Å². The summed E-state index contributed by atoms with van der Waals surface area (Å²) in [6.45, 7) is 0.645. The Morgan fingerprint density at radius 2 is 1.96 bits per heavy atom. The fraction of sp³-hybridized carbons (Fsp3) is 0.176. The summed E-state index contributed by atoms with van der Waals surface area (Å²) in [4.78, 5) is 26.8. The van der Waals surface area contributed by atoms with E-state index >= 15 is 0 Å². The molecule has 0 bridgehead atoms. The number of hydrogen-bond acceptors (Lipinski definition) is 3. The Morgan fingerprint density at radius 3 is 2.70 bits per heavy atom. The summed E-state index contributed by atoms with van der Waals surface area (Å²) in [6, 6.07) is 14.4. The van der Waals surface area contributed by atoms with Crippen molar-refractivity contribution < 1.29 is 9.53 Å². The molecule has 1 aromatic heterocycles. The van der Waals surface area contributed by atoms with Gasteiger partial charge in [-0.1, -0.05) is 6.07 Å². The van der Waals surface area contributed by atoms with E-state index in [0.29, 0.717) is 17.9 Å².